The molecule has 1 aromatic heterocycles. The Morgan fingerprint density at radius 3 is 2.54 bits per heavy atom. The van der Waals surface area contributed by atoms with Crippen LogP contribution in [-0.2, 0) is 10.0 Å². The van der Waals surface area contributed by atoms with Gasteiger partial charge in [0.05, 0.1) is 18.5 Å². The van der Waals surface area contributed by atoms with E-state index < -0.39 is 10.0 Å². The van der Waals surface area contributed by atoms with E-state index in [1.165, 1.54) is 4.31 Å². The molecule has 0 amide bonds. The van der Waals surface area contributed by atoms with Crippen molar-refractivity contribution in [3.63, 3.8) is 0 Å². The number of methoxy groups -OCH3 is 1. The molecule has 1 aliphatic heterocycles. The second-order valence-electron chi connectivity index (χ2n) is 6.56. The first kappa shape index (κ1) is 18.6. The Hall–Kier alpha value is -2.19. The Bertz CT molecular complexity index is 884. The largest absolute Gasteiger partial charge is 0.497 e. The Morgan fingerprint density at radius 2 is 1.96 bits per heavy atom. The van der Waals surface area contributed by atoms with Gasteiger partial charge in [0, 0.05) is 24.6 Å². The van der Waals surface area contributed by atoms with Crippen LogP contribution in [0, 0.1) is 19.8 Å². The zero-order valence-electron chi connectivity index (χ0n) is 15.2. The molecule has 0 aliphatic carbocycles. The molecule has 1 aromatic carbocycles. The van der Waals surface area contributed by atoms with Gasteiger partial charge in [0.25, 0.3) is 0 Å². The number of ketones is 1. The van der Waals surface area contributed by atoms with Crippen molar-refractivity contribution in [3.05, 3.63) is 41.2 Å². The van der Waals surface area contributed by atoms with Gasteiger partial charge in [0.1, 0.15) is 10.6 Å². The standard InChI is InChI=1S/C18H23N3O4S/c1-12-18(13(2)20-19-12)26(23,24)21-10-4-5-15(11-21)17(22)14-6-8-16(25-3)9-7-14/h6-9,15H,4-5,10-11H2,1-3H3,(H,19,20). The van der Waals surface area contributed by atoms with Crippen LogP contribution < -0.4 is 4.74 Å². The maximum Gasteiger partial charge on any atom is 0.246 e. The molecule has 1 saturated heterocycles. The first-order valence-corrected chi connectivity index (χ1v) is 9.98. The summed E-state index contributed by atoms with van der Waals surface area (Å²) in [6.07, 6.45) is 1.34. The van der Waals surface area contributed by atoms with Crippen molar-refractivity contribution in [1.82, 2.24) is 14.5 Å². The van der Waals surface area contributed by atoms with Crippen LogP contribution in [-0.4, -0.2) is 48.9 Å². The molecule has 26 heavy (non-hydrogen) atoms. The van der Waals surface area contributed by atoms with E-state index in [1.807, 2.05) is 0 Å². The monoisotopic (exact) mass is 377 g/mol. The molecule has 0 saturated carbocycles. The molecule has 3 rings (SSSR count). The first-order valence-electron chi connectivity index (χ1n) is 8.54. The number of nitrogens with zero attached hydrogens (tertiary/aromatic N) is 2. The third-order valence-electron chi connectivity index (χ3n) is 4.79. The van der Waals surface area contributed by atoms with Gasteiger partial charge in [-0.15, -0.1) is 0 Å². The lowest BCUT2D eigenvalue weighted by molar-refractivity contribution is 0.0872. The summed E-state index contributed by atoms with van der Waals surface area (Å²) in [6.45, 7) is 3.97. The molecule has 140 valence electrons. The van der Waals surface area contributed by atoms with Gasteiger partial charge in [-0.3, -0.25) is 9.89 Å². The molecule has 2 aromatic rings. The van der Waals surface area contributed by atoms with Gasteiger partial charge in [-0.1, -0.05) is 0 Å². The molecule has 0 spiro atoms. The quantitative estimate of drug-likeness (QED) is 0.807. The fourth-order valence-corrected chi connectivity index (χ4v) is 5.27. The van der Waals surface area contributed by atoms with E-state index in [9.17, 15) is 13.2 Å². The lowest BCUT2D eigenvalue weighted by Crippen LogP contribution is -2.42. The minimum atomic E-state index is -3.67. The molecular formula is C18H23N3O4S. The number of aromatic nitrogens is 2. The number of hydrogen-bond donors (Lipinski definition) is 1. The fraction of sp³-hybridized carbons (Fsp3) is 0.444. The second kappa shape index (κ2) is 7.20. The number of Topliss-reactive ketones (excluding diaryl/α,β-unsaturated/α-hetero) is 1. The first-order chi connectivity index (χ1) is 12.3. The van der Waals surface area contributed by atoms with Crippen molar-refractivity contribution in [2.75, 3.05) is 20.2 Å². The smallest absolute Gasteiger partial charge is 0.246 e. The van der Waals surface area contributed by atoms with Crippen molar-refractivity contribution >= 4 is 15.8 Å². The van der Waals surface area contributed by atoms with Crippen LogP contribution in [0.15, 0.2) is 29.2 Å². The van der Waals surface area contributed by atoms with Gasteiger partial charge in [0.2, 0.25) is 10.0 Å². The van der Waals surface area contributed by atoms with Gasteiger partial charge >= 0.3 is 0 Å². The van der Waals surface area contributed by atoms with Crippen molar-refractivity contribution in [3.8, 4) is 5.75 Å². The molecule has 1 aliphatic rings. The van der Waals surface area contributed by atoms with Crippen LogP contribution in [0.1, 0.15) is 34.6 Å². The van der Waals surface area contributed by atoms with Gasteiger partial charge in [-0.05, 0) is 51.0 Å². The molecule has 1 atom stereocenters. The summed E-state index contributed by atoms with van der Waals surface area (Å²) >= 11 is 0. The molecule has 7 nitrogen and oxygen atoms in total. The highest BCUT2D eigenvalue weighted by atomic mass is 32.2. The molecule has 8 heteroatoms. The highest BCUT2D eigenvalue weighted by molar-refractivity contribution is 7.89. The lowest BCUT2D eigenvalue weighted by atomic mass is 9.91. The number of H-pyrrole nitrogens is 1. The maximum atomic E-state index is 13.0. The summed E-state index contributed by atoms with van der Waals surface area (Å²) in [4.78, 5) is 13.0. The number of aryl methyl sites for hydroxylation is 2. The molecule has 1 unspecified atom stereocenters. The molecule has 1 N–H and O–H groups in total. The van der Waals surface area contributed by atoms with E-state index in [1.54, 1.807) is 45.2 Å². The fourth-order valence-electron chi connectivity index (χ4n) is 3.42. The van der Waals surface area contributed by atoms with Crippen molar-refractivity contribution < 1.29 is 17.9 Å². The Morgan fingerprint density at radius 1 is 1.27 bits per heavy atom. The second-order valence-corrected chi connectivity index (χ2v) is 8.43. The highest BCUT2D eigenvalue weighted by Gasteiger charge is 2.35. The summed E-state index contributed by atoms with van der Waals surface area (Å²) in [5.74, 6) is 0.299. The van der Waals surface area contributed by atoms with Crippen LogP contribution in [0.5, 0.6) is 5.75 Å². The summed E-state index contributed by atoms with van der Waals surface area (Å²) in [6, 6.07) is 6.92. The van der Waals surface area contributed by atoms with E-state index in [0.29, 0.717) is 42.1 Å². The number of rotatable bonds is 5. The average Bonchev–Trinajstić information content (AvgIpc) is 3.00. The van der Waals surface area contributed by atoms with Crippen LogP contribution >= 0.6 is 0 Å². The van der Waals surface area contributed by atoms with E-state index in [2.05, 4.69) is 10.2 Å². The van der Waals surface area contributed by atoms with Crippen LogP contribution in [0.2, 0.25) is 0 Å². The van der Waals surface area contributed by atoms with Gasteiger partial charge < -0.3 is 4.74 Å². The summed E-state index contributed by atoms with van der Waals surface area (Å²) in [7, 11) is -2.10. The molecule has 0 radical (unpaired) electrons. The normalized spacial score (nSPS) is 18.7. The topological polar surface area (TPSA) is 92.4 Å². The van der Waals surface area contributed by atoms with Gasteiger partial charge in [0.15, 0.2) is 5.78 Å². The Kier molecular flexibility index (Phi) is 5.15. The SMILES string of the molecule is COc1ccc(C(=O)C2CCCN(S(=O)(=O)c3c(C)n[nH]c3C)C2)cc1. The Balaban J connectivity index is 1.81. The molecular weight excluding hydrogens is 354 g/mol. The highest BCUT2D eigenvalue weighted by Crippen LogP contribution is 2.28. The number of piperidine rings is 1. The average molecular weight is 377 g/mol. The summed E-state index contributed by atoms with van der Waals surface area (Å²) in [5.41, 5.74) is 1.54. The van der Waals surface area contributed by atoms with E-state index in [0.717, 1.165) is 0 Å². The summed E-state index contributed by atoms with van der Waals surface area (Å²) < 4.78 is 32.6. The minimum Gasteiger partial charge on any atom is -0.497 e. The lowest BCUT2D eigenvalue weighted by Gasteiger charge is -2.31. The third-order valence-corrected chi connectivity index (χ3v) is 6.92. The number of ether oxygens (including phenoxy) is 1. The van der Waals surface area contributed by atoms with Crippen LogP contribution in [0.25, 0.3) is 0 Å². The number of aromatic amines is 1. The number of benzene rings is 1. The van der Waals surface area contributed by atoms with Crippen LogP contribution in [0.3, 0.4) is 0 Å². The molecule has 1 fully saturated rings. The predicted molar refractivity (Wildman–Crippen MR) is 96.9 cm³/mol. The number of hydrogen-bond acceptors (Lipinski definition) is 5. The number of nitrogens with one attached hydrogen (secondary N) is 1. The third kappa shape index (κ3) is 3.39. The maximum absolute atomic E-state index is 13.0. The van der Waals surface area contributed by atoms with E-state index in [-0.39, 0.29) is 23.1 Å². The zero-order valence-corrected chi connectivity index (χ0v) is 16.0. The minimum absolute atomic E-state index is 0.0341. The predicted octanol–water partition coefficient (Wildman–Crippen LogP) is 2.32. The zero-order chi connectivity index (χ0) is 18.9. The van der Waals surface area contributed by atoms with Crippen molar-refractivity contribution in [2.24, 2.45) is 5.92 Å². The van der Waals surface area contributed by atoms with Crippen LogP contribution in [0.4, 0.5) is 0 Å². The van der Waals surface area contributed by atoms with E-state index in [4.69, 9.17) is 4.74 Å². The van der Waals surface area contributed by atoms with Crippen molar-refractivity contribution in [2.45, 2.75) is 31.6 Å². The molecule has 2 heterocycles. The number of carbonyl (C=O) groups excluding carboxylic acids is 1. The summed E-state index contributed by atoms with van der Waals surface area (Å²) in [5, 5.41) is 6.70. The van der Waals surface area contributed by atoms with Gasteiger partial charge in [-0.25, -0.2) is 8.42 Å². The van der Waals surface area contributed by atoms with E-state index >= 15 is 0 Å². The van der Waals surface area contributed by atoms with Crippen molar-refractivity contribution in [1.29, 1.82) is 0 Å². The number of carbonyl (C=O) groups is 1. The number of sulfonamides is 1. The Labute approximate surface area is 153 Å². The van der Waals surface area contributed by atoms with Gasteiger partial charge in [-0.2, -0.15) is 9.40 Å². The molecule has 0 bridgehead atoms.